The van der Waals surface area contributed by atoms with Gasteiger partial charge < -0.3 is 4.74 Å². The lowest BCUT2D eigenvalue weighted by Crippen LogP contribution is -2.31. The first kappa shape index (κ1) is 16.2. The van der Waals surface area contributed by atoms with E-state index in [-0.39, 0.29) is 24.2 Å². The second-order valence-corrected chi connectivity index (χ2v) is 6.27. The van der Waals surface area contributed by atoms with Gasteiger partial charge in [0.2, 0.25) is 11.8 Å². The molecule has 1 aliphatic heterocycles. The van der Waals surface area contributed by atoms with Crippen molar-refractivity contribution in [2.75, 3.05) is 12.0 Å². The van der Waals surface area contributed by atoms with E-state index in [2.05, 4.69) is 0 Å². The van der Waals surface area contributed by atoms with Crippen molar-refractivity contribution in [1.29, 1.82) is 0 Å². The lowest BCUT2D eigenvalue weighted by Gasteiger charge is -2.18. The van der Waals surface area contributed by atoms with Crippen LogP contribution in [0.25, 0.3) is 0 Å². The number of carbonyl (C=O) groups is 2. The van der Waals surface area contributed by atoms with Crippen LogP contribution in [-0.2, 0) is 16.0 Å². The molecule has 0 saturated carbocycles. The maximum absolute atomic E-state index is 12.8. The summed E-state index contributed by atoms with van der Waals surface area (Å²) in [5.74, 6) is 0.157. The predicted octanol–water partition coefficient (Wildman–Crippen LogP) is 3.43. The normalized spacial score (nSPS) is 17.5. The molecule has 124 valence electrons. The number of benzene rings is 2. The molecule has 1 aliphatic rings. The third-order valence-electron chi connectivity index (χ3n) is 4.50. The Kier molecular flexibility index (Phi) is 4.38. The summed E-state index contributed by atoms with van der Waals surface area (Å²) in [5.41, 5.74) is 3.62. The fourth-order valence-electron chi connectivity index (χ4n) is 3.20. The second-order valence-electron chi connectivity index (χ2n) is 6.27. The average Bonchev–Trinajstić information content (AvgIpc) is 2.84. The zero-order valence-electron chi connectivity index (χ0n) is 14.2. The van der Waals surface area contributed by atoms with Crippen LogP contribution in [0.2, 0.25) is 0 Å². The average molecular weight is 323 g/mol. The number of rotatable bonds is 4. The largest absolute Gasteiger partial charge is 0.496 e. The first-order valence-electron chi connectivity index (χ1n) is 8.07. The van der Waals surface area contributed by atoms with Crippen LogP contribution in [0.3, 0.4) is 0 Å². The molecule has 2 amide bonds. The fraction of sp³-hybridized carbons (Fsp3) is 0.300. The number of amides is 2. The number of aryl methyl sites for hydroxylation is 2. The van der Waals surface area contributed by atoms with Crippen molar-refractivity contribution < 1.29 is 14.3 Å². The van der Waals surface area contributed by atoms with E-state index in [0.29, 0.717) is 12.1 Å². The number of para-hydroxylation sites is 1. The summed E-state index contributed by atoms with van der Waals surface area (Å²) < 4.78 is 5.35. The van der Waals surface area contributed by atoms with Gasteiger partial charge in [0.05, 0.1) is 18.7 Å². The number of ether oxygens (including phenoxy) is 1. The Morgan fingerprint density at radius 3 is 2.62 bits per heavy atom. The summed E-state index contributed by atoms with van der Waals surface area (Å²) in [7, 11) is 1.61. The molecule has 2 aromatic rings. The zero-order chi connectivity index (χ0) is 17.3. The molecule has 4 nitrogen and oxygen atoms in total. The smallest absolute Gasteiger partial charge is 0.237 e. The van der Waals surface area contributed by atoms with Crippen LogP contribution in [0, 0.1) is 19.8 Å². The third-order valence-corrected chi connectivity index (χ3v) is 4.50. The van der Waals surface area contributed by atoms with Gasteiger partial charge in [0, 0.05) is 6.42 Å². The quantitative estimate of drug-likeness (QED) is 0.810. The van der Waals surface area contributed by atoms with Crippen molar-refractivity contribution in [1.82, 2.24) is 0 Å². The highest BCUT2D eigenvalue weighted by Gasteiger charge is 2.40. The molecule has 0 spiro atoms. The van der Waals surface area contributed by atoms with Crippen molar-refractivity contribution >= 4 is 17.5 Å². The van der Waals surface area contributed by atoms with Crippen LogP contribution in [0.4, 0.5) is 5.69 Å². The number of methoxy groups -OCH3 is 1. The van der Waals surface area contributed by atoms with Gasteiger partial charge in [0.25, 0.3) is 0 Å². The molecule has 1 heterocycles. The molecule has 0 N–H and O–H groups in total. The minimum Gasteiger partial charge on any atom is -0.496 e. The van der Waals surface area contributed by atoms with E-state index in [1.165, 1.54) is 4.90 Å². The molecule has 0 aliphatic carbocycles. The SMILES string of the molecule is COc1ccccc1CC1CC(=O)N(c2cc(C)ccc2C)C1=O. The number of imide groups is 1. The maximum Gasteiger partial charge on any atom is 0.237 e. The Bertz CT molecular complexity index is 797. The molecule has 1 fully saturated rings. The number of hydrogen-bond donors (Lipinski definition) is 0. The van der Waals surface area contributed by atoms with Crippen LogP contribution in [0.5, 0.6) is 5.75 Å². The number of hydrogen-bond acceptors (Lipinski definition) is 3. The van der Waals surface area contributed by atoms with Crippen molar-refractivity contribution in [3.05, 3.63) is 59.2 Å². The van der Waals surface area contributed by atoms with Gasteiger partial charge in [-0.3, -0.25) is 14.5 Å². The van der Waals surface area contributed by atoms with E-state index in [1.54, 1.807) is 7.11 Å². The topological polar surface area (TPSA) is 46.6 Å². The predicted molar refractivity (Wildman–Crippen MR) is 93.2 cm³/mol. The number of carbonyl (C=O) groups excluding carboxylic acids is 2. The molecular formula is C20H21NO3. The summed E-state index contributed by atoms with van der Waals surface area (Å²) in [4.78, 5) is 26.7. The van der Waals surface area contributed by atoms with Gasteiger partial charge in [-0.2, -0.15) is 0 Å². The lowest BCUT2D eigenvalue weighted by atomic mass is 9.97. The van der Waals surface area contributed by atoms with Gasteiger partial charge in [-0.15, -0.1) is 0 Å². The van der Waals surface area contributed by atoms with Crippen LogP contribution < -0.4 is 9.64 Å². The molecular weight excluding hydrogens is 302 g/mol. The summed E-state index contributed by atoms with van der Waals surface area (Å²) in [5, 5.41) is 0. The van der Waals surface area contributed by atoms with Crippen LogP contribution in [-0.4, -0.2) is 18.9 Å². The molecule has 24 heavy (non-hydrogen) atoms. The van der Waals surface area contributed by atoms with Crippen molar-refractivity contribution in [2.45, 2.75) is 26.7 Å². The highest BCUT2D eigenvalue weighted by molar-refractivity contribution is 6.21. The Morgan fingerprint density at radius 1 is 1.12 bits per heavy atom. The van der Waals surface area contributed by atoms with E-state index in [0.717, 1.165) is 22.4 Å². The van der Waals surface area contributed by atoms with E-state index < -0.39 is 0 Å². The molecule has 0 aromatic heterocycles. The monoisotopic (exact) mass is 323 g/mol. The Hall–Kier alpha value is -2.62. The second kappa shape index (κ2) is 6.48. The van der Waals surface area contributed by atoms with E-state index in [1.807, 2.05) is 56.3 Å². The molecule has 3 rings (SSSR count). The molecule has 1 unspecified atom stereocenters. The minimum absolute atomic E-state index is 0.125. The minimum atomic E-state index is -0.339. The highest BCUT2D eigenvalue weighted by atomic mass is 16.5. The molecule has 0 bridgehead atoms. The Labute approximate surface area is 142 Å². The van der Waals surface area contributed by atoms with Gasteiger partial charge in [-0.05, 0) is 49.1 Å². The standard InChI is InChI=1S/C20H21NO3/c1-13-8-9-14(2)17(10-13)21-19(22)12-16(20(21)23)11-15-6-4-5-7-18(15)24-3/h4-10,16H,11-12H2,1-3H3. The fourth-order valence-corrected chi connectivity index (χ4v) is 3.20. The Morgan fingerprint density at radius 2 is 1.88 bits per heavy atom. The molecule has 0 radical (unpaired) electrons. The highest BCUT2D eigenvalue weighted by Crippen LogP contribution is 2.33. The van der Waals surface area contributed by atoms with Crippen LogP contribution in [0.15, 0.2) is 42.5 Å². The van der Waals surface area contributed by atoms with Crippen molar-refractivity contribution in [2.24, 2.45) is 5.92 Å². The van der Waals surface area contributed by atoms with Gasteiger partial charge in [-0.25, -0.2) is 0 Å². The summed E-state index contributed by atoms with van der Waals surface area (Å²) in [6.07, 6.45) is 0.750. The first-order chi connectivity index (χ1) is 11.5. The third kappa shape index (κ3) is 2.92. The molecule has 1 atom stereocenters. The number of anilines is 1. The van der Waals surface area contributed by atoms with Gasteiger partial charge in [0.15, 0.2) is 0 Å². The van der Waals surface area contributed by atoms with E-state index in [4.69, 9.17) is 4.74 Å². The van der Waals surface area contributed by atoms with E-state index in [9.17, 15) is 9.59 Å². The Balaban J connectivity index is 1.88. The van der Waals surface area contributed by atoms with E-state index >= 15 is 0 Å². The van der Waals surface area contributed by atoms with Crippen molar-refractivity contribution in [3.63, 3.8) is 0 Å². The summed E-state index contributed by atoms with van der Waals surface area (Å²) in [6.45, 7) is 3.88. The molecule has 1 saturated heterocycles. The maximum atomic E-state index is 12.8. The van der Waals surface area contributed by atoms with Gasteiger partial charge in [0.1, 0.15) is 5.75 Å². The first-order valence-corrected chi connectivity index (χ1v) is 8.07. The summed E-state index contributed by atoms with van der Waals surface area (Å²) in [6, 6.07) is 13.5. The van der Waals surface area contributed by atoms with Gasteiger partial charge >= 0.3 is 0 Å². The van der Waals surface area contributed by atoms with Crippen molar-refractivity contribution in [3.8, 4) is 5.75 Å². The van der Waals surface area contributed by atoms with Crippen LogP contribution >= 0.6 is 0 Å². The molecule has 2 aromatic carbocycles. The van der Waals surface area contributed by atoms with Crippen LogP contribution in [0.1, 0.15) is 23.1 Å². The molecule has 4 heteroatoms. The van der Waals surface area contributed by atoms with Gasteiger partial charge in [-0.1, -0.05) is 30.3 Å². The number of nitrogens with zero attached hydrogens (tertiary/aromatic N) is 1. The lowest BCUT2D eigenvalue weighted by molar-refractivity contribution is -0.122. The summed E-state index contributed by atoms with van der Waals surface area (Å²) >= 11 is 0. The zero-order valence-corrected chi connectivity index (χ0v) is 14.2.